The SMILES string of the molecule is [2H]c1c([2H])c([2H])c(-c2nc(-c3c([2H])c([2H])c([2H])c([2H])c3[2H])nc(-c3c([2H])c([2H])c([2H])c4c3oc3c(-c5c([2H])c([2H])c([2H])c(-n6c7c([2H])c([2H])c([2H])c([2H])c7c7c([2H])c([2H])c([2H])c([2H])c76)c5[2H])c([2H])c([2H])c([2H])c34)n2)c([2H])c1[2H]. The summed E-state index contributed by atoms with van der Waals surface area (Å²) in [5.74, 6) is -2.45. The minimum atomic E-state index is -1.05. The quantitative estimate of drug-likeness (QED) is 0.183. The Kier molecular flexibility index (Phi) is 2.72. The maximum absolute atomic E-state index is 9.79. The molecule has 0 saturated heterocycles. The Hall–Kier alpha value is -6.85. The highest BCUT2D eigenvalue weighted by atomic mass is 16.3. The second-order valence-electron chi connectivity index (χ2n) is 10.3. The predicted molar refractivity (Wildman–Crippen MR) is 203 cm³/mol. The second kappa shape index (κ2) is 11.4. The lowest BCUT2D eigenvalue weighted by Gasteiger charge is -2.10. The third kappa shape index (κ3) is 4.52. The van der Waals surface area contributed by atoms with E-state index in [1.165, 1.54) is 0 Å². The van der Waals surface area contributed by atoms with Crippen LogP contribution in [0.5, 0.6) is 0 Å². The molecule has 50 heavy (non-hydrogen) atoms. The van der Waals surface area contributed by atoms with E-state index in [1.54, 1.807) is 0 Å². The highest BCUT2D eigenvalue weighted by Crippen LogP contribution is 2.40. The van der Waals surface area contributed by atoms with Crippen LogP contribution in [0, 0.1) is 0 Å². The molecule has 7 aromatic carbocycles. The summed E-state index contributed by atoms with van der Waals surface area (Å²) in [6, 6.07) is -25.3. The Bertz CT molecular complexity index is 4270. The van der Waals surface area contributed by atoms with Crippen LogP contribution in [0.15, 0.2) is 174 Å². The molecular formula is C45H28N4O. The Morgan fingerprint density at radius 3 is 1.48 bits per heavy atom. The zero-order valence-electron chi connectivity index (χ0n) is 52.7. The summed E-state index contributed by atoms with van der Waals surface area (Å²) in [5, 5.41) is -2.15. The average molecular weight is 669 g/mol. The maximum atomic E-state index is 9.79. The largest absolute Gasteiger partial charge is 0.455 e. The van der Waals surface area contributed by atoms with Gasteiger partial charge in [-0.05, 0) is 35.8 Å². The van der Waals surface area contributed by atoms with Gasteiger partial charge >= 0.3 is 0 Å². The summed E-state index contributed by atoms with van der Waals surface area (Å²) >= 11 is 0. The third-order valence-corrected chi connectivity index (χ3v) is 7.54. The molecule has 0 atom stereocenters. The molecule has 0 spiro atoms. The number of rotatable bonds is 5. The molecule has 234 valence electrons. The number of para-hydroxylation sites is 4. The number of benzene rings is 7. The Morgan fingerprint density at radius 1 is 0.400 bits per heavy atom. The molecule has 3 heterocycles. The molecule has 10 aromatic rings. The van der Waals surface area contributed by atoms with Gasteiger partial charge in [-0.2, -0.15) is 0 Å². The molecule has 3 aromatic heterocycles. The first kappa shape index (κ1) is 11.9. The van der Waals surface area contributed by atoms with Crippen molar-refractivity contribution in [3.05, 3.63) is 169 Å². The van der Waals surface area contributed by atoms with Crippen LogP contribution >= 0.6 is 0 Å². The van der Waals surface area contributed by atoms with Crippen molar-refractivity contribution in [3.63, 3.8) is 0 Å². The van der Waals surface area contributed by atoms with E-state index in [1.807, 2.05) is 0 Å². The second-order valence-corrected chi connectivity index (χ2v) is 10.3. The van der Waals surface area contributed by atoms with Gasteiger partial charge in [-0.25, -0.2) is 15.0 Å². The van der Waals surface area contributed by atoms with Crippen LogP contribution in [0.2, 0.25) is 0 Å². The molecule has 0 saturated carbocycles. The molecule has 0 radical (unpaired) electrons. The van der Waals surface area contributed by atoms with E-state index < -0.39 is 264 Å². The summed E-state index contributed by atoms with van der Waals surface area (Å²) in [4.78, 5) is 12.9. The first-order valence-corrected chi connectivity index (χ1v) is 14.4. The summed E-state index contributed by atoms with van der Waals surface area (Å²) in [7, 11) is 0. The summed E-state index contributed by atoms with van der Waals surface area (Å²) in [6.45, 7) is 0. The van der Waals surface area contributed by atoms with Crippen LogP contribution in [-0.4, -0.2) is 19.5 Å². The van der Waals surface area contributed by atoms with Crippen molar-refractivity contribution in [2.24, 2.45) is 0 Å². The standard InChI is InChI=1S/C45H28N4O/c1-3-14-29(15-4-1)43-46-44(30-16-5-2-6-17-30)48-45(47-43)38-25-13-24-37-36-23-12-22-33(41(36)50-42(37)38)31-18-11-19-32(28-31)49-39-26-9-7-20-34(39)35-21-8-10-27-40(35)49/h1-28H/i1D,2D,3D,4D,5D,6D,7D,8D,9D,10D,11D,12D,13D,14D,15D,16D,17D,18D,19D,20D,21D,22D,23D,24D,25D,26D,27D,28D. The molecule has 0 aliphatic rings. The third-order valence-electron chi connectivity index (χ3n) is 7.54. The number of aromatic nitrogens is 4. The van der Waals surface area contributed by atoms with Crippen molar-refractivity contribution in [1.82, 2.24) is 19.5 Å². The zero-order valence-corrected chi connectivity index (χ0v) is 24.7. The predicted octanol–water partition coefficient (Wildman–Crippen LogP) is 11.5. The topological polar surface area (TPSA) is 56.7 Å². The van der Waals surface area contributed by atoms with Gasteiger partial charge in [0.25, 0.3) is 0 Å². The zero-order chi connectivity index (χ0) is 57.4. The van der Waals surface area contributed by atoms with Crippen molar-refractivity contribution in [2.75, 3.05) is 0 Å². The molecule has 0 fully saturated rings. The molecule has 5 heteroatoms. The van der Waals surface area contributed by atoms with E-state index in [2.05, 4.69) is 15.0 Å². The minimum Gasteiger partial charge on any atom is -0.455 e. The van der Waals surface area contributed by atoms with Gasteiger partial charge < -0.3 is 8.98 Å². The smallest absolute Gasteiger partial charge is 0.167 e. The highest BCUT2D eigenvalue weighted by Gasteiger charge is 2.20. The monoisotopic (exact) mass is 668 g/mol. The maximum Gasteiger partial charge on any atom is 0.167 e. The Balaban J connectivity index is 1.38. The van der Waals surface area contributed by atoms with Gasteiger partial charge in [-0.3, -0.25) is 0 Å². The van der Waals surface area contributed by atoms with Gasteiger partial charge in [0.2, 0.25) is 0 Å². The molecule has 10 rings (SSSR count). The van der Waals surface area contributed by atoms with Gasteiger partial charge in [0.15, 0.2) is 17.5 Å². The van der Waals surface area contributed by atoms with Crippen LogP contribution < -0.4 is 0 Å². The van der Waals surface area contributed by atoms with E-state index in [0.29, 0.717) is 0 Å². The summed E-state index contributed by atoms with van der Waals surface area (Å²) in [5.41, 5.74) is -7.29. The normalized spacial score (nSPS) is 19.4. The Labute approximate surface area is 327 Å². The van der Waals surface area contributed by atoms with Crippen LogP contribution in [0.1, 0.15) is 38.4 Å². The van der Waals surface area contributed by atoms with E-state index in [0.717, 1.165) is 4.57 Å². The van der Waals surface area contributed by atoms with Crippen LogP contribution in [0.25, 0.3) is 94.7 Å². The van der Waals surface area contributed by atoms with Crippen molar-refractivity contribution < 1.29 is 42.8 Å². The summed E-state index contributed by atoms with van der Waals surface area (Å²) in [6.07, 6.45) is 0. The van der Waals surface area contributed by atoms with E-state index in [4.69, 9.17) is 34.6 Å². The van der Waals surface area contributed by atoms with Gasteiger partial charge in [-0.15, -0.1) is 0 Å². The summed E-state index contributed by atoms with van der Waals surface area (Å²) < 4.78 is 254. The molecular weight excluding hydrogens is 613 g/mol. The molecule has 0 N–H and O–H groups in total. The lowest BCUT2D eigenvalue weighted by molar-refractivity contribution is 0.670. The lowest BCUT2D eigenvalue weighted by Crippen LogP contribution is -2.00. The van der Waals surface area contributed by atoms with E-state index in [9.17, 15) is 8.22 Å². The van der Waals surface area contributed by atoms with Crippen molar-refractivity contribution in [1.29, 1.82) is 0 Å². The number of nitrogens with zero attached hydrogens (tertiary/aromatic N) is 4. The first-order valence-electron chi connectivity index (χ1n) is 28.4. The van der Waals surface area contributed by atoms with E-state index in [-0.39, 0.29) is 0 Å². The van der Waals surface area contributed by atoms with Crippen LogP contribution in [0.3, 0.4) is 0 Å². The average Bonchev–Trinajstić information content (AvgIpc) is 3.80. The molecule has 5 nitrogen and oxygen atoms in total. The number of fused-ring (bicyclic) bond motifs is 6. The number of hydrogen-bond acceptors (Lipinski definition) is 4. The van der Waals surface area contributed by atoms with Crippen molar-refractivity contribution >= 4 is 43.7 Å². The fraction of sp³-hybridized carbons (Fsp3) is 0. The molecule has 0 amide bonds. The lowest BCUT2D eigenvalue weighted by atomic mass is 10.0. The molecule has 0 aliphatic carbocycles. The minimum absolute atomic E-state index is 0.478. The van der Waals surface area contributed by atoms with Crippen LogP contribution in [0.4, 0.5) is 0 Å². The van der Waals surface area contributed by atoms with Gasteiger partial charge in [0, 0.05) is 43.9 Å². The van der Waals surface area contributed by atoms with Crippen molar-refractivity contribution in [2.45, 2.75) is 0 Å². The van der Waals surface area contributed by atoms with Crippen molar-refractivity contribution in [3.8, 4) is 51.0 Å². The van der Waals surface area contributed by atoms with Gasteiger partial charge in [0.1, 0.15) is 11.2 Å². The fourth-order valence-corrected chi connectivity index (χ4v) is 5.43. The molecule has 0 aliphatic heterocycles. The highest BCUT2D eigenvalue weighted by molar-refractivity contribution is 6.13. The fourth-order valence-electron chi connectivity index (χ4n) is 5.43. The first-order chi connectivity index (χ1) is 36.4. The molecule has 0 bridgehead atoms. The van der Waals surface area contributed by atoms with Gasteiger partial charge in [0.05, 0.1) is 55.0 Å². The Morgan fingerprint density at radius 2 is 0.860 bits per heavy atom. The molecule has 0 unspecified atom stereocenters. The number of hydrogen-bond donors (Lipinski definition) is 0. The van der Waals surface area contributed by atoms with Crippen LogP contribution in [-0.2, 0) is 0 Å². The number of furan rings is 1. The van der Waals surface area contributed by atoms with E-state index >= 15 is 0 Å². The van der Waals surface area contributed by atoms with Gasteiger partial charge in [-0.1, -0.05) is 139 Å².